The molecule has 2 nitrogen and oxygen atoms in total. The van der Waals surface area contributed by atoms with E-state index >= 15 is 0 Å². The fourth-order valence-electron chi connectivity index (χ4n) is 1.40. The first-order chi connectivity index (χ1) is 7.33. The molecule has 0 radical (unpaired) electrons. The van der Waals surface area contributed by atoms with Gasteiger partial charge in [-0.05, 0) is 18.1 Å². The Labute approximate surface area is 89.9 Å². The first kappa shape index (κ1) is 11.2. The molecular formula is C13H14O2. The van der Waals surface area contributed by atoms with E-state index < -0.39 is 0 Å². The van der Waals surface area contributed by atoms with Gasteiger partial charge in [0.25, 0.3) is 0 Å². The van der Waals surface area contributed by atoms with Gasteiger partial charge < -0.3 is 4.74 Å². The number of carbonyl (C=O) groups is 1. The Morgan fingerprint density at radius 2 is 2.13 bits per heavy atom. The van der Waals surface area contributed by atoms with Crippen molar-refractivity contribution in [2.24, 2.45) is 0 Å². The largest absolute Gasteiger partial charge is 0.486 e. The number of carbonyl (C=O) groups excluding carboxylic acids is 1. The summed E-state index contributed by atoms with van der Waals surface area (Å²) < 4.78 is 5.29. The first-order valence-corrected chi connectivity index (χ1v) is 4.75. The van der Waals surface area contributed by atoms with Crippen LogP contribution in [0.1, 0.15) is 11.1 Å². The molecule has 0 spiro atoms. The Morgan fingerprint density at radius 3 is 2.73 bits per heavy atom. The van der Waals surface area contributed by atoms with Crippen molar-refractivity contribution in [1.29, 1.82) is 0 Å². The molecule has 15 heavy (non-hydrogen) atoms. The summed E-state index contributed by atoms with van der Waals surface area (Å²) in [7, 11) is 0. The maximum atomic E-state index is 10.2. The molecule has 0 saturated heterocycles. The van der Waals surface area contributed by atoms with Gasteiger partial charge in [0.15, 0.2) is 6.29 Å². The summed E-state index contributed by atoms with van der Waals surface area (Å²) >= 11 is 0. The van der Waals surface area contributed by atoms with Crippen molar-refractivity contribution in [2.75, 3.05) is 6.61 Å². The van der Waals surface area contributed by atoms with Crippen molar-refractivity contribution in [3.8, 4) is 5.75 Å². The van der Waals surface area contributed by atoms with E-state index in [4.69, 9.17) is 4.74 Å². The van der Waals surface area contributed by atoms with E-state index in [0.717, 1.165) is 23.8 Å². The summed E-state index contributed by atoms with van der Waals surface area (Å²) in [5, 5.41) is 0. The second-order valence-electron chi connectivity index (χ2n) is 3.00. The second kappa shape index (κ2) is 5.81. The predicted molar refractivity (Wildman–Crippen MR) is 62.0 cm³/mol. The molecule has 78 valence electrons. The minimum Gasteiger partial charge on any atom is -0.486 e. The topological polar surface area (TPSA) is 26.3 Å². The van der Waals surface area contributed by atoms with E-state index in [1.54, 1.807) is 6.08 Å². The monoisotopic (exact) mass is 202 g/mol. The number of allylic oxidation sites excluding steroid dienone is 1. The van der Waals surface area contributed by atoms with Gasteiger partial charge in [0.05, 0.1) is 0 Å². The summed E-state index contributed by atoms with van der Waals surface area (Å²) in [5.41, 5.74) is 2.03. The molecule has 0 aliphatic carbocycles. The zero-order valence-corrected chi connectivity index (χ0v) is 8.61. The van der Waals surface area contributed by atoms with E-state index in [9.17, 15) is 4.79 Å². The second-order valence-corrected chi connectivity index (χ2v) is 3.00. The van der Waals surface area contributed by atoms with Crippen LogP contribution in [0.25, 0.3) is 6.08 Å². The average Bonchev–Trinajstić information content (AvgIpc) is 2.27. The molecular weight excluding hydrogens is 188 g/mol. The Hall–Kier alpha value is -1.83. The van der Waals surface area contributed by atoms with Gasteiger partial charge in [0.1, 0.15) is 12.4 Å². The van der Waals surface area contributed by atoms with Crippen LogP contribution in [0.2, 0.25) is 0 Å². The van der Waals surface area contributed by atoms with Crippen LogP contribution in [0, 0.1) is 0 Å². The van der Waals surface area contributed by atoms with Crippen LogP contribution in [0.15, 0.2) is 37.4 Å². The highest BCUT2D eigenvalue weighted by molar-refractivity contribution is 5.61. The molecule has 0 N–H and O–H groups in total. The van der Waals surface area contributed by atoms with Gasteiger partial charge >= 0.3 is 0 Å². The number of ether oxygens (including phenoxy) is 1. The summed E-state index contributed by atoms with van der Waals surface area (Å²) in [6.45, 7) is 7.50. The molecule has 0 saturated carbocycles. The quantitative estimate of drug-likeness (QED) is 0.523. The molecule has 0 aliphatic heterocycles. The van der Waals surface area contributed by atoms with Crippen LogP contribution in [0.4, 0.5) is 0 Å². The van der Waals surface area contributed by atoms with Crippen molar-refractivity contribution >= 4 is 12.4 Å². The van der Waals surface area contributed by atoms with Crippen LogP contribution in [-0.2, 0) is 11.2 Å². The Kier molecular flexibility index (Phi) is 4.35. The number of aldehydes is 1. The average molecular weight is 202 g/mol. The van der Waals surface area contributed by atoms with E-state index in [-0.39, 0.29) is 6.61 Å². The Balaban J connectivity index is 3.03. The summed E-state index contributed by atoms with van der Waals surface area (Å²) in [4.78, 5) is 10.2. The van der Waals surface area contributed by atoms with E-state index in [0.29, 0.717) is 5.75 Å². The van der Waals surface area contributed by atoms with Gasteiger partial charge in [-0.2, -0.15) is 0 Å². The lowest BCUT2D eigenvalue weighted by Crippen LogP contribution is -2.00. The highest BCUT2D eigenvalue weighted by atomic mass is 16.5. The number of rotatable bonds is 6. The summed E-state index contributed by atoms with van der Waals surface area (Å²) in [6.07, 6.45) is 5.05. The highest BCUT2D eigenvalue weighted by Gasteiger charge is 2.04. The van der Waals surface area contributed by atoms with Gasteiger partial charge in [0, 0.05) is 5.56 Å². The van der Waals surface area contributed by atoms with Crippen LogP contribution in [-0.4, -0.2) is 12.9 Å². The third kappa shape index (κ3) is 2.81. The van der Waals surface area contributed by atoms with Crippen LogP contribution in [0.5, 0.6) is 5.75 Å². The minimum absolute atomic E-state index is 0.0678. The van der Waals surface area contributed by atoms with Crippen molar-refractivity contribution in [2.45, 2.75) is 6.42 Å². The molecule has 0 atom stereocenters. The van der Waals surface area contributed by atoms with Gasteiger partial charge in [0.2, 0.25) is 0 Å². The highest BCUT2D eigenvalue weighted by Crippen LogP contribution is 2.24. The van der Waals surface area contributed by atoms with Crippen LogP contribution >= 0.6 is 0 Å². The van der Waals surface area contributed by atoms with Gasteiger partial charge in [-0.25, -0.2) is 0 Å². The molecule has 0 unspecified atom stereocenters. The third-order valence-electron chi connectivity index (χ3n) is 2.03. The molecule has 0 aromatic heterocycles. The van der Waals surface area contributed by atoms with E-state index in [1.165, 1.54) is 0 Å². The van der Waals surface area contributed by atoms with Gasteiger partial charge in [-0.1, -0.05) is 30.9 Å². The maximum absolute atomic E-state index is 10.2. The summed E-state index contributed by atoms with van der Waals surface area (Å²) in [5.74, 6) is 0.691. The standard InChI is InChI=1S/C13H14O2/c1-3-6-11-7-5-8-13(12(11)4-2)15-10-9-14/h3-5,7-9H,1-2,6,10H2. The molecule has 2 heteroatoms. The predicted octanol–water partition coefficient (Wildman–Crippen LogP) is 2.64. The molecule has 0 fully saturated rings. The molecule has 1 aromatic rings. The lowest BCUT2D eigenvalue weighted by Gasteiger charge is -2.10. The van der Waals surface area contributed by atoms with E-state index in [2.05, 4.69) is 13.2 Å². The van der Waals surface area contributed by atoms with Gasteiger partial charge in [-0.3, -0.25) is 4.79 Å². The molecule has 0 amide bonds. The van der Waals surface area contributed by atoms with Crippen molar-refractivity contribution in [3.63, 3.8) is 0 Å². The molecule has 1 rings (SSSR count). The lowest BCUT2D eigenvalue weighted by atomic mass is 10.0. The van der Waals surface area contributed by atoms with Crippen LogP contribution in [0.3, 0.4) is 0 Å². The fraction of sp³-hybridized carbons (Fsp3) is 0.154. The normalized spacial score (nSPS) is 9.33. The summed E-state index contributed by atoms with van der Waals surface area (Å²) in [6, 6.07) is 5.71. The van der Waals surface area contributed by atoms with Gasteiger partial charge in [-0.15, -0.1) is 6.58 Å². The SMILES string of the molecule is C=CCc1cccc(OCC=O)c1C=C. The zero-order valence-electron chi connectivity index (χ0n) is 8.61. The number of hydrogen-bond acceptors (Lipinski definition) is 2. The maximum Gasteiger partial charge on any atom is 0.157 e. The molecule has 0 heterocycles. The molecule has 0 bridgehead atoms. The van der Waals surface area contributed by atoms with E-state index in [1.807, 2.05) is 24.3 Å². The van der Waals surface area contributed by atoms with Crippen molar-refractivity contribution in [1.82, 2.24) is 0 Å². The zero-order chi connectivity index (χ0) is 11.1. The molecule has 1 aromatic carbocycles. The number of benzene rings is 1. The Morgan fingerprint density at radius 1 is 1.33 bits per heavy atom. The van der Waals surface area contributed by atoms with Crippen molar-refractivity contribution < 1.29 is 9.53 Å². The lowest BCUT2D eigenvalue weighted by molar-refractivity contribution is -0.109. The third-order valence-corrected chi connectivity index (χ3v) is 2.03. The fourth-order valence-corrected chi connectivity index (χ4v) is 1.40. The first-order valence-electron chi connectivity index (χ1n) is 4.75. The molecule has 0 aliphatic rings. The van der Waals surface area contributed by atoms with Crippen molar-refractivity contribution in [3.05, 3.63) is 48.6 Å². The number of hydrogen-bond donors (Lipinski definition) is 0. The smallest absolute Gasteiger partial charge is 0.157 e. The minimum atomic E-state index is 0.0678. The van der Waals surface area contributed by atoms with Crippen LogP contribution < -0.4 is 4.74 Å². The Bertz CT molecular complexity index is 367.